The molecule has 1 aliphatic rings. The van der Waals surface area contributed by atoms with Crippen LogP contribution in [0.25, 0.3) is 0 Å². The molecule has 0 unspecified atom stereocenters. The zero-order valence-corrected chi connectivity index (χ0v) is 15.2. The summed E-state index contributed by atoms with van der Waals surface area (Å²) in [5, 5.41) is 3.47. The Balaban J connectivity index is 2.18. The van der Waals surface area contributed by atoms with Gasteiger partial charge in [0.1, 0.15) is 0 Å². The number of amides is 1. The molecule has 5 nitrogen and oxygen atoms in total. The molecule has 0 atom stereocenters. The number of hydrogen-bond acceptors (Lipinski definition) is 4. The highest BCUT2D eigenvalue weighted by Gasteiger charge is 2.34. The minimum atomic E-state index is -0.299. The van der Waals surface area contributed by atoms with Crippen molar-refractivity contribution in [2.75, 3.05) is 20.3 Å². The van der Waals surface area contributed by atoms with Crippen LogP contribution in [0.5, 0.6) is 11.5 Å². The minimum absolute atomic E-state index is 0.178. The highest BCUT2D eigenvalue weighted by atomic mass is 35.5. The number of carbonyl (C=O) groups is 1. The molecule has 0 bridgehead atoms. The monoisotopic (exact) mass is 354 g/mol. The van der Waals surface area contributed by atoms with Crippen LogP contribution >= 0.6 is 11.6 Å². The zero-order chi connectivity index (χ0) is 17.6. The van der Waals surface area contributed by atoms with Gasteiger partial charge in [0.15, 0.2) is 11.5 Å². The first kappa shape index (κ1) is 18.9. The van der Waals surface area contributed by atoms with Crippen molar-refractivity contribution < 1.29 is 14.3 Å². The van der Waals surface area contributed by atoms with E-state index in [4.69, 9.17) is 26.8 Å². The SMILES string of the molecule is CCCCOc1c(Cl)cc(C(=O)NC2(CN)CCCC2)cc1OC. The second-order valence-electron chi connectivity index (χ2n) is 6.34. The maximum Gasteiger partial charge on any atom is 0.251 e. The molecule has 1 saturated carbocycles. The molecular weight excluding hydrogens is 328 g/mol. The molecule has 2 rings (SSSR count). The van der Waals surface area contributed by atoms with E-state index in [0.29, 0.717) is 35.2 Å². The molecule has 1 aromatic carbocycles. The number of halogens is 1. The van der Waals surface area contributed by atoms with Gasteiger partial charge in [0, 0.05) is 12.1 Å². The molecule has 0 aromatic heterocycles. The van der Waals surface area contributed by atoms with E-state index in [9.17, 15) is 4.79 Å². The van der Waals surface area contributed by atoms with Gasteiger partial charge in [-0.05, 0) is 31.4 Å². The first-order chi connectivity index (χ1) is 11.5. The van der Waals surface area contributed by atoms with Gasteiger partial charge in [0.05, 0.1) is 24.3 Å². The van der Waals surface area contributed by atoms with Crippen LogP contribution in [-0.4, -0.2) is 31.7 Å². The van der Waals surface area contributed by atoms with Crippen LogP contribution in [0.1, 0.15) is 55.8 Å². The van der Waals surface area contributed by atoms with Crippen LogP contribution in [-0.2, 0) is 0 Å². The summed E-state index contributed by atoms with van der Waals surface area (Å²) in [6.45, 7) is 3.10. The van der Waals surface area contributed by atoms with Gasteiger partial charge in [-0.3, -0.25) is 4.79 Å². The van der Waals surface area contributed by atoms with Crippen molar-refractivity contribution in [3.05, 3.63) is 22.7 Å². The molecule has 1 aromatic rings. The molecule has 1 fully saturated rings. The van der Waals surface area contributed by atoms with E-state index in [1.807, 2.05) is 0 Å². The van der Waals surface area contributed by atoms with E-state index in [0.717, 1.165) is 38.5 Å². The quantitative estimate of drug-likeness (QED) is 0.700. The number of ether oxygens (including phenoxy) is 2. The summed E-state index contributed by atoms with van der Waals surface area (Å²) in [6, 6.07) is 3.29. The third kappa shape index (κ3) is 4.33. The van der Waals surface area contributed by atoms with Crippen LogP contribution in [0.15, 0.2) is 12.1 Å². The smallest absolute Gasteiger partial charge is 0.251 e. The van der Waals surface area contributed by atoms with Crippen molar-refractivity contribution in [2.24, 2.45) is 5.73 Å². The van der Waals surface area contributed by atoms with E-state index in [1.165, 1.54) is 0 Å². The Morgan fingerprint density at radius 3 is 2.67 bits per heavy atom. The lowest BCUT2D eigenvalue weighted by molar-refractivity contribution is 0.0902. The summed E-state index contributed by atoms with van der Waals surface area (Å²) in [7, 11) is 1.54. The van der Waals surface area contributed by atoms with Gasteiger partial charge in [0.25, 0.3) is 5.91 Å². The number of nitrogens with two attached hydrogens (primary N) is 1. The molecule has 24 heavy (non-hydrogen) atoms. The highest BCUT2D eigenvalue weighted by Crippen LogP contribution is 2.37. The van der Waals surface area contributed by atoms with Gasteiger partial charge in [-0.2, -0.15) is 0 Å². The van der Waals surface area contributed by atoms with Gasteiger partial charge < -0.3 is 20.5 Å². The predicted molar refractivity (Wildman–Crippen MR) is 96.1 cm³/mol. The van der Waals surface area contributed by atoms with Gasteiger partial charge in [-0.15, -0.1) is 0 Å². The van der Waals surface area contributed by atoms with Crippen LogP contribution in [0.3, 0.4) is 0 Å². The van der Waals surface area contributed by atoms with E-state index in [-0.39, 0.29) is 11.4 Å². The first-order valence-electron chi connectivity index (χ1n) is 8.58. The first-order valence-corrected chi connectivity index (χ1v) is 8.96. The Bertz CT molecular complexity index is 572. The molecule has 6 heteroatoms. The standard InChI is InChI=1S/C18H27ClN2O3/c1-3-4-9-24-16-14(19)10-13(11-15(16)23-2)17(22)21-18(12-20)7-5-6-8-18/h10-11H,3-9,12,20H2,1-2H3,(H,21,22). The summed E-state index contributed by atoms with van der Waals surface area (Å²) in [6.07, 6.45) is 5.97. The fraction of sp³-hybridized carbons (Fsp3) is 0.611. The summed E-state index contributed by atoms with van der Waals surface area (Å²) >= 11 is 6.31. The Morgan fingerprint density at radius 2 is 2.08 bits per heavy atom. The number of carbonyl (C=O) groups excluding carboxylic acids is 1. The van der Waals surface area contributed by atoms with Gasteiger partial charge >= 0.3 is 0 Å². The number of methoxy groups -OCH3 is 1. The van der Waals surface area contributed by atoms with Crippen molar-refractivity contribution in [1.82, 2.24) is 5.32 Å². The molecule has 0 radical (unpaired) electrons. The van der Waals surface area contributed by atoms with E-state index in [1.54, 1.807) is 19.2 Å². The lowest BCUT2D eigenvalue weighted by atomic mass is 9.97. The average molecular weight is 355 g/mol. The number of hydrogen-bond donors (Lipinski definition) is 2. The van der Waals surface area contributed by atoms with Crippen molar-refractivity contribution in [3.8, 4) is 11.5 Å². The Kier molecular flexibility index (Phi) is 6.75. The van der Waals surface area contributed by atoms with E-state index >= 15 is 0 Å². The predicted octanol–water partition coefficient (Wildman–Crippen LogP) is 3.53. The second-order valence-corrected chi connectivity index (χ2v) is 6.74. The summed E-state index contributed by atoms with van der Waals surface area (Å²) in [4.78, 5) is 12.6. The number of benzene rings is 1. The molecular formula is C18H27ClN2O3. The molecule has 0 aliphatic heterocycles. The van der Waals surface area contributed by atoms with Crippen LogP contribution in [0.4, 0.5) is 0 Å². The molecule has 0 saturated heterocycles. The van der Waals surface area contributed by atoms with Crippen molar-refractivity contribution in [1.29, 1.82) is 0 Å². The zero-order valence-electron chi connectivity index (χ0n) is 14.5. The van der Waals surface area contributed by atoms with Crippen molar-refractivity contribution in [3.63, 3.8) is 0 Å². The summed E-state index contributed by atoms with van der Waals surface area (Å²) in [5.41, 5.74) is 6.05. The summed E-state index contributed by atoms with van der Waals surface area (Å²) in [5.74, 6) is 0.776. The van der Waals surface area contributed by atoms with Gasteiger partial charge in [-0.1, -0.05) is 37.8 Å². The Morgan fingerprint density at radius 1 is 1.38 bits per heavy atom. The molecule has 3 N–H and O–H groups in total. The highest BCUT2D eigenvalue weighted by molar-refractivity contribution is 6.32. The molecule has 0 spiro atoms. The average Bonchev–Trinajstić information content (AvgIpc) is 3.05. The lowest BCUT2D eigenvalue weighted by Crippen LogP contribution is -2.51. The van der Waals surface area contributed by atoms with Gasteiger partial charge in [-0.25, -0.2) is 0 Å². The molecule has 1 amide bonds. The largest absolute Gasteiger partial charge is 0.493 e. The maximum atomic E-state index is 12.6. The molecule has 134 valence electrons. The maximum absolute atomic E-state index is 12.6. The van der Waals surface area contributed by atoms with Crippen LogP contribution in [0.2, 0.25) is 5.02 Å². The normalized spacial score (nSPS) is 16.0. The minimum Gasteiger partial charge on any atom is -0.493 e. The van der Waals surface area contributed by atoms with E-state index in [2.05, 4.69) is 12.2 Å². The fourth-order valence-corrected chi connectivity index (χ4v) is 3.32. The summed E-state index contributed by atoms with van der Waals surface area (Å²) < 4.78 is 11.1. The van der Waals surface area contributed by atoms with Gasteiger partial charge in [0.2, 0.25) is 0 Å². The number of nitrogens with one attached hydrogen (secondary N) is 1. The van der Waals surface area contributed by atoms with Crippen LogP contribution in [0, 0.1) is 0 Å². The topological polar surface area (TPSA) is 73.6 Å². The molecule has 0 heterocycles. The Hall–Kier alpha value is -1.46. The Labute approximate surface area is 148 Å². The fourth-order valence-electron chi connectivity index (χ4n) is 3.05. The van der Waals surface area contributed by atoms with Crippen molar-refractivity contribution in [2.45, 2.75) is 51.0 Å². The molecule has 1 aliphatic carbocycles. The number of rotatable bonds is 8. The van der Waals surface area contributed by atoms with Crippen LogP contribution < -0.4 is 20.5 Å². The lowest BCUT2D eigenvalue weighted by Gasteiger charge is -2.29. The third-order valence-electron chi connectivity index (χ3n) is 4.57. The third-order valence-corrected chi connectivity index (χ3v) is 4.85. The van der Waals surface area contributed by atoms with Crippen molar-refractivity contribution >= 4 is 17.5 Å². The second kappa shape index (κ2) is 8.58. The van der Waals surface area contributed by atoms with E-state index < -0.39 is 0 Å². The number of unbranched alkanes of at least 4 members (excludes halogenated alkanes) is 1.